The summed E-state index contributed by atoms with van der Waals surface area (Å²) in [6.45, 7) is 1.45. The number of benzene rings is 1. The lowest BCUT2D eigenvalue weighted by atomic mass is 10.2. The van der Waals surface area contributed by atoms with Crippen LogP contribution in [0.15, 0.2) is 46.3 Å². The summed E-state index contributed by atoms with van der Waals surface area (Å²) in [6, 6.07) is 11.7. The largest absolute Gasteiger partial charge is 0.491 e. The van der Waals surface area contributed by atoms with Crippen molar-refractivity contribution in [2.45, 2.75) is 0 Å². The third-order valence-corrected chi connectivity index (χ3v) is 3.95. The molecule has 5 nitrogen and oxygen atoms in total. The maximum Gasteiger partial charge on any atom is 0.262 e. The van der Waals surface area contributed by atoms with E-state index in [0.717, 1.165) is 22.7 Å². The van der Waals surface area contributed by atoms with Gasteiger partial charge in [-0.05, 0) is 37.7 Å². The van der Waals surface area contributed by atoms with Gasteiger partial charge in [0.25, 0.3) is 5.89 Å². The van der Waals surface area contributed by atoms with E-state index in [9.17, 15) is 0 Å². The van der Waals surface area contributed by atoms with Crippen LogP contribution in [-0.4, -0.2) is 42.3 Å². The number of hydrogen-bond donors (Lipinski definition) is 0. The van der Waals surface area contributed by atoms with Crippen LogP contribution in [0, 0.1) is 0 Å². The number of para-hydroxylation sites is 1. The predicted octanol–water partition coefficient (Wildman–Crippen LogP) is 3.41. The van der Waals surface area contributed by atoms with E-state index in [1.54, 1.807) is 11.3 Å². The zero-order chi connectivity index (χ0) is 15.4. The minimum Gasteiger partial charge on any atom is -0.491 e. The SMILES string of the molecule is CN(C)CCOc1ccccc1-c1nc(-c2cccs2)no1. The van der Waals surface area contributed by atoms with Crippen LogP contribution in [0.5, 0.6) is 5.75 Å². The molecule has 0 aliphatic carbocycles. The molecule has 6 heteroatoms. The Kier molecular flexibility index (Phi) is 4.50. The van der Waals surface area contributed by atoms with Gasteiger partial charge in [-0.15, -0.1) is 11.3 Å². The highest BCUT2D eigenvalue weighted by Crippen LogP contribution is 2.31. The molecule has 0 unspecified atom stereocenters. The molecule has 3 rings (SSSR count). The molecule has 114 valence electrons. The van der Waals surface area contributed by atoms with Gasteiger partial charge in [0.15, 0.2) is 0 Å². The molecule has 0 spiro atoms. The molecule has 0 fully saturated rings. The second kappa shape index (κ2) is 6.72. The number of rotatable bonds is 6. The minimum absolute atomic E-state index is 0.476. The van der Waals surface area contributed by atoms with Gasteiger partial charge in [0, 0.05) is 6.54 Å². The Morgan fingerprint density at radius 1 is 1.18 bits per heavy atom. The molecule has 22 heavy (non-hydrogen) atoms. The third-order valence-electron chi connectivity index (χ3n) is 3.08. The van der Waals surface area contributed by atoms with Crippen molar-refractivity contribution in [1.82, 2.24) is 15.0 Å². The van der Waals surface area contributed by atoms with Gasteiger partial charge in [0.2, 0.25) is 5.82 Å². The summed E-state index contributed by atoms with van der Waals surface area (Å²) < 4.78 is 11.2. The van der Waals surface area contributed by atoms with Gasteiger partial charge in [-0.2, -0.15) is 4.98 Å². The van der Waals surface area contributed by atoms with Crippen LogP contribution in [0.3, 0.4) is 0 Å². The average molecular weight is 315 g/mol. The Bertz CT molecular complexity index is 723. The van der Waals surface area contributed by atoms with Crippen LogP contribution >= 0.6 is 11.3 Å². The first-order valence-electron chi connectivity index (χ1n) is 6.98. The summed E-state index contributed by atoms with van der Waals surface area (Å²) in [5.41, 5.74) is 0.816. The van der Waals surface area contributed by atoms with Gasteiger partial charge in [0.1, 0.15) is 12.4 Å². The average Bonchev–Trinajstić information content (AvgIpc) is 3.18. The molecule has 2 heterocycles. The molecule has 2 aromatic heterocycles. The minimum atomic E-state index is 0.476. The molecule has 1 aromatic carbocycles. The van der Waals surface area contributed by atoms with E-state index in [1.165, 1.54) is 0 Å². The summed E-state index contributed by atoms with van der Waals surface area (Å²) in [5, 5.41) is 6.03. The van der Waals surface area contributed by atoms with Crippen molar-refractivity contribution in [1.29, 1.82) is 0 Å². The molecule has 0 aliphatic heterocycles. The van der Waals surface area contributed by atoms with E-state index in [4.69, 9.17) is 9.26 Å². The van der Waals surface area contributed by atoms with E-state index in [-0.39, 0.29) is 0 Å². The van der Waals surface area contributed by atoms with Gasteiger partial charge < -0.3 is 14.2 Å². The van der Waals surface area contributed by atoms with Gasteiger partial charge in [-0.25, -0.2) is 0 Å². The molecule has 3 aromatic rings. The van der Waals surface area contributed by atoms with Gasteiger partial charge >= 0.3 is 0 Å². The fourth-order valence-electron chi connectivity index (χ4n) is 1.95. The van der Waals surface area contributed by atoms with Gasteiger partial charge in [-0.1, -0.05) is 23.4 Å². The monoisotopic (exact) mass is 315 g/mol. The Labute approximate surface area is 133 Å². The molecule has 0 saturated carbocycles. The molecular weight excluding hydrogens is 298 g/mol. The van der Waals surface area contributed by atoms with Crippen molar-refractivity contribution < 1.29 is 9.26 Å². The standard InChI is InChI=1S/C16H17N3O2S/c1-19(2)9-10-20-13-7-4-3-6-12(13)16-17-15(18-21-16)14-8-5-11-22-14/h3-8,11H,9-10H2,1-2H3. The maximum absolute atomic E-state index is 5.84. The van der Waals surface area contributed by atoms with E-state index >= 15 is 0 Å². The summed E-state index contributed by atoms with van der Waals surface area (Å²) >= 11 is 1.58. The fraction of sp³-hybridized carbons (Fsp3) is 0.250. The van der Waals surface area contributed by atoms with Crippen LogP contribution in [0.1, 0.15) is 0 Å². The molecule has 0 radical (unpaired) electrons. The topological polar surface area (TPSA) is 51.4 Å². The highest BCUT2D eigenvalue weighted by Gasteiger charge is 2.15. The van der Waals surface area contributed by atoms with Crippen molar-refractivity contribution in [3.8, 4) is 27.9 Å². The maximum atomic E-state index is 5.84. The number of likely N-dealkylation sites (N-methyl/N-ethyl adjacent to an activating group) is 1. The first kappa shape index (κ1) is 14.7. The first-order valence-corrected chi connectivity index (χ1v) is 7.86. The number of hydrogen-bond acceptors (Lipinski definition) is 6. The fourth-order valence-corrected chi connectivity index (χ4v) is 2.60. The quantitative estimate of drug-likeness (QED) is 0.698. The molecule has 0 bridgehead atoms. The summed E-state index contributed by atoms with van der Waals surface area (Å²) in [4.78, 5) is 7.53. The molecule has 0 atom stereocenters. The second-order valence-corrected chi connectivity index (χ2v) is 6.00. The Hall–Kier alpha value is -2.18. The summed E-state index contributed by atoms with van der Waals surface area (Å²) in [7, 11) is 4.03. The molecule has 0 amide bonds. The summed E-state index contributed by atoms with van der Waals surface area (Å²) in [5.74, 6) is 1.84. The lowest BCUT2D eigenvalue weighted by Crippen LogP contribution is -2.19. The predicted molar refractivity (Wildman–Crippen MR) is 87.1 cm³/mol. The van der Waals surface area contributed by atoms with Crippen LogP contribution in [-0.2, 0) is 0 Å². The Morgan fingerprint density at radius 3 is 2.82 bits per heavy atom. The number of aromatic nitrogens is 2. The Balaban J connectivity index is 1.82. The second-order valence-electron chi connectivity index (χ2n) is 5.05. The normalized spacial score (nSPS) is 11.0. The zero-order valence-electron chi connectivity index (χ0n) is 12.5. The van der Waals surface area contributed by atoms with E-state index in [2.05, 4.69) is 15.0 Å². The third kappa shape index (κ3) is 3.35. The lowest BCUT2D eigenvalue weighted by Gasteiger charge is -2.12. The molecule has 0 aliphatic rings. The molecule has 0 saturated heterocycles. The van der Waals surface area contributed by atoms with Crippen molar-refractivity contribution in [2.75, 3.05) is 27.2 Å². The smallest absolute Gasteiger partial charge is 0.262 e. The first-order chi connectivity index (χ1) is 10.7. The van der Waals surface area contributed by atoms with Crippen molar-refractivity contribution >= 4 is 11.3 Å². The van der Waals surface area contributed by atoms with E-state index in [0.29, 0.717) is 18.3 Å². The highest BCUT2D eigenvalue weighted by atomic mass is 32.1. The number of ether oxygens (including phenoxy) is 1. The number of nitrogens with zero attached hydrogens (tertiary/aromatic N) is 3. The van der Waals surface area contributed by atoms with E-state index in [1.807, 2.05) is 55.9 Å². The van der Waals surface area contributed by atoms with Gasteiger partial charge in [0.05, 0.1) is 10.4 Å². The van der Waals surface area contributed by atoms with Crippen molar-refractivity contribution in [3.05, 3.63) is 41.8 Å². The van der Waals surface area contributed by atoms with E-state index < -0.39 is 0 Å². The Morgan fingerprint density at radius 2 is 2.05 bits per heavy atom. The molecule has 0 N–H and O–H groups in total. The summed E-state index contributed by atoms with van der Waals surface area (Å²) in [6.07, 6.45) is 0. The van der Waals surface area contributed by atoms with Crippen molar-refractivity contribution in [2.24, 2.45) is 0 Å². The van der Waals surface area contributed by atoms with Crippen LogP contribution in [0.4, 0.5) is 0 Å². The van der Waals surface area contributed by atoms with Crippen LogP contribution < -0.4 is 4.74 Å². The lowest BCUT2D eigenvalue weighted by molar-refractivity contribution is 0.261. The van der Waals surface area contributed by atoms with Crippen LogP contribution in [0.2, 0.25) is 0 Å². The van der Waals surface area contributed by atoms with Gasteiger partial charge in [-0.3, -0.25) is 0 Å². The van der Waals surface area contributed by atoms with Crippen LogP contribution in [0.25, 0.3) is 22.2 Å². The highest BCUT2D eigenvalue weighted by molar-refractivity contribution is 7.13. The zero-order valence-corrected chi connectivity index (χ0v) is 13.3. The number of thiophene rings is 1. The van der Waals surface area contributed by atoms with Crippen molar-refractivity contribution in [3.63, 3.8) is 0 Å². The molecular formula is C16H17N3O2S.